The molecule has 0 amide bonds. The van der Waals surface area contributed by atoms with Gasteiger partial charge < -0.3 is 14.8 Å². The van der Waals surface area contributed by atoms with Crippen molar-refractivity contribution >= 4 is 24.0 Å². The van der Waals surface area contributed by atoms with E-state index in [0.717, 1.165) is 43.3 Å². The van der Waals surface area contributed by atoms with Crippen LogP contribution in [-0.4, -0.2) is 30.5 Å². The average Bonchev–Trinajstić information content (AvgIpc) is 2.66. The number of hydrogen-bond acceptors (Lipinski definition) is 4. The van der Waals surface area contributed by atoms with Gasteiger partial charge in [-0.25, -0.2) is 4.79 Å². The van der Waals surface area contributed by atoms with Crippen molar-refractivity contribution in [2.75, 3.05) is 18.0 Å². The molecule has 1 aliphatic heterocycles. The first-order valence-electron chi connectivity index (χ1n) is 8.99. The Morgan fingerprint density at radius 3 is 2.69 bits per heavy atom. The van der Waals surface area contributed by atoms with Crippen molar-refractivity contribution in [2.45, 2.75) is 38.5 Å². The fourth-order valence-electron chi connectivity index (χ4n) is 3.10. The Morgan fingerprint density at radius 1 is 1.27 bits per heavy atom. The number of carbonyl (C=O) groups excluding carboxylic acids is 1. The smallest absolute Gasteiger partial charge is 0.346 e. The zero-order valence-corrected chi connectivity index (χ0v) is 14.9. The largest absolute Gasteiger partial charge is 0.477 e. The summed E-state index contributed by atoms with van der Waals surface area (Å²) < 4.78 is 0. The van der Waals surface area contributed by atoms with Gasteiger partial charge in [0.1, 0.15) is 17.9 Å². The molecule has 1 aromatic rings. The number of carboxylic acid groups (broad SMARTS) is 1. The summed E-state index contributed by atoms with van der Waals surface area (Å²) in [5, 5.41) is 17.7. The number of benzene rings is 1. The Bertz CT molecular complexity index is 738. The second kappa shape index (κ2) is 10.2. The van der Waals surface area contributed by atoms with E-state index in [1.165, 1.54) is 31.0 Å². The molecule has 1 heterocycles. The zero-order valence-electron chi connectivity index (χ0n) is 14.9. The van der Waals surface area contributed by atoms with E-state index >= 15 is 0 Å². The van der Waals surface area contributed by atoms with E-state index in [9.17, 15) is 9.59 Å². The molecule has 0 aliphatic carbocycles. The molecule has 0 radical (unpaired) electrons. The highest BCUT2D eigenvalue weighted by molar-refractivity contribution is 5.91. The van der Waals surface area contributed by atoms with Gasteiger partial charge in [-0.2, -0.15) is 5.26 Å². The van der Waals surface area contributed by atoms with Gasteiger partial charge in [0.15, 0.2) is 0 Å². The number of nitriles is 1. The number of piperidine rings is 1. The number of nitrogens with zero attached hydrogens (tertiary/aromatic N) is 2. The quantitative estimate of drug-likeness (QED) is 0.253. The SMILES string of the molecule is N#C/C(=C\C=C\c1ccc(N2CCCCC2)cc1CCCC=O)C(=O)O. The molecule has 0 bridgehead atoms. The van der Waals surface area contributed by atoms with Gasteiger partial charge in [0, 0.05) is 25.2 Å². The fourth-order valence-corrected chi connectivity index (χ4v) is 3.10. The molecule has 0 saturated carbocycles. The highest BCUT2D eigenvalue weighted by Crippen LogP contribution is 2.25. The zero-order chi connectivity index (χ0) is 18.8. The minimum absolute atomic E-state index is 0.298. The van der Waals surface area contributed by atoms with E-state index < -0.39 is 5.97 Å². The highest BCUT2D eigenvalue weighted by atomic mass is 16.4. The van der Waals surface area contributed by atoms with Crippen LogP contribution in [0.4, 0.5) is 5.69 Å². The summed E-state index contributed by atoms with van der Waals surface area (Å²) in [4.78, 5) is 23.9. The molecule has 5 heteroatoms. The third-order valence-corrected chi connectivity index (χ3v) is 4.51. The number of aldehydes is 1. The van der Waals surface area contributed by atoms with Crippen molar-refractivity contribution in [3.8, 4) is 6.07 Å². The number of hydrogen-bond donors (Lipinski definition) is 1. The van der Waals surface area contributed by atoms with Crippen molar-refractivity contribution in [3.05, 3.63) is 47.1 Å². The molecule has 0 aromatic heterocycles. The lowest BCUT2D eigenvalue weighted by Gasteiger charge is -2.29. The van der Waals surface area contributed by atoms with E-state index in [0.29, 0.717) is 6.42 Å². The van der Waals surface area contributed by atoms with Crippen LogP contribution in [0.1, 0.15) is 43.2 Å². The van der Waals surface area contributed by atoms with Crippen molar-refractivity contribution in [3.63, 3.8) is 0 Å². The molecule has 1 fully saturated rings. The van der Waals surface area contributed by atoms with Crippen LogP contribution in [0.25, 0.3) is 6.08 Å². The second-order valence-corrected chi connectivity index (χ2v) is 6.35. The summed E-state index contributed by atoms with van der Waals surface area (Å²) in [5.41, 5.74) is 3.01. The number of aliphatic carboxylic acids is 1. The van der Waals surface area contributed by atoms with Gasteiger partial charge in [0.25, 0.3) is 0 Å². The first kappa shape index (κ1) is 19.5. The Labute approximate surface area is 154 Å². The van der Waals surface area contributed by atoms with Crippen LogP contribution in [0, 0.1) is 11.3 Å². The van der Waals surface area contributed by atoms with Gasteiger partial charge in [-0.05, 0) is 61.4 Å². The van der Waals surface area contributed by atoms with Crippen molar-refractivity contribution in [2.24, 2.45) is 0 Å². The Balaban J connectivity index is 2.24. The Hall–Kier alpha value is -2.87. The topological polar surface area (TPSA) is 81.4 Å². The van der Waals surface area contributed by atoms with Crippen LogP contribution < -0.4 is 4.90 Å². The molecule has 1 saturated heterocycles. The standard InChI is InChI=1S/C21H24N2O3/c22-16-19(21(25)26)9-6-8-17-10-11-20(23-12-3-1-4-13-23)15-18(17)7-2-5-14-24/h6,8-11,14-15H,1-5,7,12-13H2,(H,25,26)/b8-6+,19-9+. The number of anilines is 1. The second-order valence-electron chi connectivity index (χ2n) is 6.35. The summed E-state index contributed by atoms with van der Waals surface area (Å²) in [6.45, 7) is 2.13. The van der Waals surface area contributed by atoms with Crippen LogP contribution in [0.15, 0.2) is 35.9 Å². The minimum Gasteiger partial charge on any atom is -0.477 e. The van der Waals surface area contributed by atoms with Crippen LogP contribution in [-0.2, 0) is 16.0 Å². The van der Waals surface area contributed by atoms with E-state index in [4.69, 9.17) is 10.4 Å². The minimum atomic E-state index is -1.23. The highest BCUT2D eigenvalue weighted by Gasteiger charge is 2.12. The normalized spacial score (nSPS) is 15.0. The molecule has 0 atom stereocenters. The van der Waals surface area contributed by atoms with Gasteiger partial charge in [-0.3, -0.25) is 0 Å². The number of carbonyl (C=O) groups is 2. The van der Waals surface area contributed by atoms with Crippen LogP contribution in [0.2, 0.25) is 0 Å². The predicted molar refractivity (Wildman–Crippen MR) is 102 cm³/mol. The van der Waals surface area contributed by atoms with Gasteiger partial charge in [-0.1, -0.05) is 18.2 Å². The average molecular weight is 352 g/mol. The summed E-state index contributed by atoms with van der Waals surface area (Å²) in [5.74, 6) is -1.23. The predicted octanol–water partition coefficient (Wildman–Crippen LogP) is 3.75. The third-order valence-electron chi connectivity index (χ3n) is 4.51. The molecule has 5 nitrogen and oxygen atoms in total. The van der Waals surface area contributed by atoms with Crippen molar-refractivity contribution < 1.29 is 14.7 Å². The molecule has 0 spiro atoms. The van der Waals surface area contributed by atoms with E-state index in [1.54, 1.807) is 12.1 Å². The third kappa shape index (κ3) is 5.59. The first-order valence-corrected chi connectivity index (χ1v) is 8.99. The van der Waals surface area contributed by atoms with Crippen LogP contribution in [0.5, 0.6) is 0 Å². The van der Waals surface area contributed by atoms with Crippen molar-refractivity contribution in [1.82, 2.24) is 0 Å². The van der Waals surface area contributed by atoms with Crippen LogP contribution >= 0.6 is 0 Å². The number of carboxylic acids is 1. The molecular formula is C21H24N2O3. The number of rotatable bonds is 8. The monoisotopic (exact) mass is 352 g/mol. The van der Waals surface area contributed by atoms with Gasteiger partial charge in [0.2, 0.25) is 0 Å². The summed E-state index contributed by atoms with van der Waals surface area (Å²) in [6.07, 6.45) is 11.4. The Kier molecular flexibility index (Phi) is 7.63. The lowest BCUT2D eigenvalue weighted by molar-refractivity contribution is -0.132. The fraction of sp³-hybridized carbons (Fsp3) is 0.381. The van der Waals surface area contributed by atoms with E-state index in [1.807, 2.05) is 12.1 Å². The molecule has 1 aliphatic rings. The Morgan fingerprint density at radius 2 is 2.04 bits per heavy atom. The van der Waals surface area contributed by atoms with Gasteiger partial charge in [0.05, 0.1) is 0 Å². The molecule has 26 heavy (non-hydrogen) atoms. The van der Waals surface area contributed by atoms with Crippen molar-refractivity contribution in [1.29, 1.82) is 5.26 Å². The van der Waals surface area contributed by atoms with E-state index in [-0.39, 0.29) is 5.57 Å². The molecule has 1 N–H and O–H groups in total. The van der Waals surface area contributed by atoms with Gasteiger partial charge >= 0.3 is 5.97 Å². The number of unbranched alkanes of at least 4 members (excludes halogenated alkanes) is 1. The van der Waals surface area contributed by atoms with Crippen LogP contribution in [0.3, 0.4) is 0 Å². The maximum atomic E-state index is 10.9. The maximum absolute atomic E-state index is 10.9. The lowest BCUT2D eigenvalue weighted by Crippen LogP contribution is -2.29. The number of allylic oxidation sites excluding steroid dienone is 2. The molecule has 1 aromatic carbocycles. The first-order chi connectivity index (χ1) is 12.7. The molecule has 2 rings (SSSR count). The molecule has 0 unspecified atom stereocenters. The molecule has 136 valence electrons. The van der Waals surface area contributed by atoms with E-state index in [2.05, 4.69) is 17.0 Å². The lowest BCUT2D eigenvalue weighted by atomic mass is 9.99. The summed E-state index contributed by atoms with van der Waals surface area (Å²) in [6, 6.07) is 7.94. The maximum Gasteiger partial charge on any atom is 0.346 e. The number of aryl methyl sites for hydroxylation is 1. The summed E-state index contributed by atoms with van der Waals surface area (Å²) >= 11 is 0. The molecular weight excluding hydrogens is 328 g/mol. The van der Waals surface area contributed by atoms with Gasteiger partial charge in [-0.15, -0.1) is 0 Å². The summed E-state index contributed by atoms with van der Waals surface area (Å²) in [7, 11) is 0.